The Morgan fingerprint density at radius 1 is 1.17 bits per heavy atom. The summed E-state index contributed by atoms with van der Waals surface area (Å²) < 4.78 is 33.0. The molecular weight excluding hydrogens is 404 g/mol. The van der Waals surface area contributed by atoms with Crippen molar-refractivity contribution in [3.63, 3.8) is 0 Å². The first-order valence-corrected chi connectivity index (χ1v) is 9.99. The van der Waals surface area contributed by atoms with Gasteiger partial charge in [-0.1, -0.05) is 6.07 Å². The van der Waals surface area contributed by atoms with Gasteiger partial charge in [0, 0.05) is 32.2 Å². The molecule has 2 N–H and O–H groups in total. The zero-order chi connectivity index (χ0) is 20.8. The molecule has 0 saturated carbocycles. The lowest BCUT2D eigenvalue weighted by Gasteiger charge is -2.33. The van der Waals surface area contributed by atoms with E-state index in [0.29, 0.717) is 5.65 Å². The van der Waals surface area contributed by atoms with Crippen molar-refractivity contribution in [1.82, 2.24) is 13.7 Å². The number of piperazine rings is 1. The molecule has 0 aliphatic carbocycles. The number of carbonyl (C=O) groups is 1. The summed E-state index contributed by atoms with van der Waals surface area (Å²) >= 11 is 0. The Morgan fingerprint density at radius 2 is 1.90 bits per heavy atom. The van der Waals surface area contributed by atoms with E-state index in [1.54, 1.807) is 29.3 Å². The molecule has 13 heteroatoms. The first kappa shape index (κ1) is 18.9. The van der Waals surface area contributed by atoms with E-state index in [1.165, 1.54) is 20.8 Å². The molecule has 1 fully saturated rings. The Balaban J connectivity index is 1.57. The van der Waals surface area contributed by atoms with Gasteiger partial charge in [-0.25, -0.2) is 8.42 Å². The summed E-state index contributed by atoms with van der Waals surface area (Å²) in [5.74, 6) is -1.10. The molecule has 4 rings (SSSR count). The predicted molar refractivity (Wildman–Crippen MR) is 100 cm³/mol. The first-order valence-electron chi connectivity index (χ1n) is 8.55. The molecule has 0 radical (unpaired) electrons. The Kier molecular flexibility index (Phi) is 4.47. The van der Waals surface area contributed by atoms with Gasteiger partial charge in [0.2, 0.25) is 16.6 Å². The number of anilines is 1. The van der Waals surface area contributed by atoms with E-state index >= 15 is 0 Å². The predicted octanol–water partition coefficient (Wildman–Crippen LogP) is 0.445. The van der Waals surface area contributed by atoms with Gasteiger partial charge in [-0.3, -0.25) is 4.79 Å². The topological polar surface area (TPSA) is 157 Å². The number of nitro groups is 1. The molecule has 1 aliphatic heterocycles. The second-order valence-electron chi connectivity index (χ2n) is 6.32. The summed E-state index contributed by atoms with van der Waals surface area (Å²) in [6.07, 6.45) is 1.55. The van der Waals surface area contributed by atoms with Crippen LogP contribution in [0.25, 0.3) is 5.65 Å². The minimum absolute atomic E-state index is 0.0694. The highest BCUT2D eigenvalue weighted by atomic mass is 32.2. The van der Waals surface area contributed by atoms with Crippen LogP contribution in [0.2, 0.25) is 0 Å². The van der Waals surface area contributed by atoms with Crippen LogP contribution in [0.3, 0.4) is 0 Å². The molecule has 0 aromatic carbocycles. The van der Waals surface area contributed by atoms with Crippen molar-refractivity contribution in [3.05, 3.63) is 52.4 Å². The van der Waals surface area contributed by atoms with Gasteiger partial charge in [-0.05, 0) is 23.1 Å². The van der Waals surface area contributed by atoms with Crippen LogP contribution < -0.4 is 10.6 Å². The molecule has 1 aliphatic rings. The van der Waals surface area contributed by atoms with Crippen molar-refractivity contribution in [2.45, 2.75) is 5.09 Å². The quantitative estimate of drug-likeness (QED) is 0.460. The van der Waals surface area contributed by atoms with Crippen molar-refractivity contribution in [2.24, 2.45) is 5.73 Å². The van der Waals surface area contributed by atoms with E-state index in [9.17, 15) is 23.3 Å². The zero-order valence-corrected chi connectivity index (χ0v) is 15.8. The molecule has 1 saturated heterocycles. The number of carbonyl (C=O) groups excluding carboxylic acids is 1. The van der Waals surface area contributed by atoms with Gasteiger partial charge in [0.25, 0.3) is 15.9 Å². The van der Waals surface area contributed by atoms with Crippen LogP contribution in [0.15, 0.2) is 46.0 Å². The number of hydrogen-bond acceptors (Lipinski definition) is 8. The summed E-state index contributed by atoms with van der Waals surface area (Å²) in [6.45, 7) is 0.542. The summed E-state index contributed by atoms with van der Waals surface area (Å²) in [6, 6.07) is 7.43. The number of hydrogen-bond donors (Lipinski definition) is 1. The Labute approximate surface area is 164 Å². The van der Waals surface area contributed by atoms with Crippen LogP contribution in [0.4, 0.5) is 11.6 Å². The number of rotatable bonds is 5. The maximum Gasteiger partial charge on any atom is 0.372 e. The van der Waals surface area contributed by atoms with Gasteiger partial charge in [0.1, 0.15) is 0 Å². The second kappa shape index (κ2) is 6.86. The molecule has 0 atom stereocenters. The zero-order valence-electron chi connectivity index (χ0n) is 15.0. The van der Waals surface area contributed by atoms with Gasteiger partial charge >= 0.3 is 5.82 Å². The van der Waals surface area contributed by atoms with Crippen molar-refractivity contribution >= 4 is 33.2 Å². The minimum atomic E-state index is -3.96. The Bertz CT molecular complexity index is 1210. The van der Waals surface area contributed by atoms with Crippen LogP contribution in [-0.4, -0.2) is 59.1 Å². The maximum absolute atomic E-state index is 12.7. The van der Waals surface area contributed by atoms with Crippen molar-refractivity contribution in [2.75, 3.05) is 31.1 Å². The highest BCUT2D eigenvalue weighted by Crippen LogP contribution is 2.30. The lowest BCUT2D eigenvalue weighted by molar-refractivity contribution is -0.389. The third kappa shape index (κ3) is 3.19. The van der Waals surface area contributed by atoms with E-state index in [4.69, 9.17) is 10.2 Å². The number of pyridine rings is 1. The summed E-state index contributed by atoms with van der Waals surface area (Å²) in [5.41, 5.74) is 5.52. The van der Waals surface area contributed by atoms with Crippen molar-refractivity contribution in [3.8, 4) is 0 Å². The van der Waals surface area contributed by atoms with Gasteiger partial charge in [0.15, 0.2) is 5.76 Å². The fourth-order valence-electron chi connectivity index (χ4n) is 3.21. The maximum atomic E-state index is 12.7. The molecule has 152 valence electrons. The fourth-order valence-corrected chi connectivity index (χ4v) is 4.54. The number of aromatic nitrogens is 2. The molecule has 0 unspecified atom stereocenters. The Morgan fingerprint density at radius 3 is 2.52 bits per heavy atom. The molecule has 3 aromatic heterocycles. The van der Waals surface area contributed by atoms with Gasteiger partial charge in [-0.2, -0.15) is 13.7 Å². The summed E-state index contributed by atoms with van der Waals surface area (Å²) in [4.78, 5) is 28.2. The van der Waals surface area contributed by atoms with Crippen LogP contribution >= 0.6 is 0 Å². The normalized spacial score (nSPS) is 15.7. The molecular formula is C16H16N6O6S. The van der Waals surface area contributed by atoms with Crippen LogP contribution in [0, 0.1) is 10.1 Å². The van der Waals surface area contributed by atoms with Crippen molar-refractivity contribution < 1.29 is 22.6 Å². The van der Waals surface area contributed by atoms with E-state index in [-0.39, 0.29) is 48.7 Å². The number of nitrogens with two attached hydrogens (primary N) is 1. The number of sulfonamides is 1. The lowest BCUT2D eigenvalue weighted by atomic mass is 10.3. The molecule has 0 bridgehead atoms. The molecule has 3 aromatic rings. The van der Waals surface area contributed by atoms with Crippen LogP contribution in [-0.2, 0) is 10.0 Å². The third-order valence-corrected chi connectivity index (χ3v) is 6.39. The molecule has 1 amide bonds. The van der Waals surface area contributed by atoms with E-state index in [2.05, 4.69) is 4.98 Å². The van der Waals surface area contributed by atoms with E-state index in [1.807, 2.05) is 0 Å². The molecule has 29 heavy (non-hydrogen) atoms. The molecule has 0 spiro atoms. The minimum Gasteiger partial charge on any atom is -0.438 e. The first-order chi connectivity index (χ1) is 13.8. The number of imidazole rings is 1. The summed E-state index contributed by atoms with van der Waals surface area (Å²) in [5, 5.41) is 11.2. The molecule has 12 nitrogen and oxygen atoms in total. The average molecular weight is 420 g/mol. The van der Waals surface area contributed by atoms with Gasteiger partial charge in [-0.15, -0.1) is 0 Å². The number of primary amides is 1. The highest BCUT2D eigenvalue weighted by molar-refractivity contribution is 7.89. The second-order valence-corrected chi connectivity index (χ2v) is 8.19. The SMILES string of the molecule is NC(=O)c1ccc(S(=O)(=O)N2CCN(c3nc4ccccn4c3[N+](=O)[O-])CC2)o1. The smallest absolute Gasteiger partial charge is 0.372 e. The highest BCUT2D eigenvalue weighted by Gasteiger charge is 2.34. The molecule has 4 heterocycles. The van der Waals surface area contributed by atoms with Crippen LogP contribution in [0.5, 0.6) is 0 Å². The largest absolute Gasteiger partial charge is 0.438 e. The van der Waals surface area contributed by atoms with Crippen molar-refractivity contribution in [1.29, 1.82) is 0 Å². The van der Waals surface area contributed by atoms with E-state index in [0.717, 1.165) is 0 Å². The fraction of sp³-hybridized carbons (Fsp3) is 0.250. The number of nitrogens with zero attached hydrogens (tertiary/aromatic N) is 5. The summed E-state index contributed by atoms with van der Waals surface area (Å²) in [7, 11) is -3.96. The average Bonchev–Trinajstić information content (AvgIpc) is 3.33. The number of fused-ring (bicyclic) bond motifs is 1. The number of furan rings is 1. The van der Waals surface area contributed by atoms with E-state index < -0.39 is 20.9 Å². The monoisotopic (exact) mass is 420 g/mol. The van der Waals surface area contributed by atoms with Gasteiger partial charge < -0.3 is 25.2 Å². The number of amides is 1. The Hall–Kier alpha value is -3.45. The standard InChI is InChI=1S/C16H16N6O6S/c17-14(23)11-4-5-13(28-11)29(26,27)20-9-7-19(8-10-20)15-16(22(24)25)21-6-2-1-3-12(21)18-15/h1-6H,7-10H2,(H2,17,23). The van der Waals surface area contributed by atoms with Gasteiger partial charge in [0.05, 0.1) is 6.20 Å². The lowest BCUT2D eigenvalue weighted by Crippen LogP contribution is -2.48. The van der Waals surface area contributed by atoms with Crippen LogP contribution in [0.1, 0.15) is 10.6 Å². The third-order valence-electron chi connectivity index (χ3n) is 4.62.